The van der Waals surface area contributed by atoms with Crippen molar-refractivity contribution in [2.24, 2.45) is 5.41 Å². The lowest BCUT2D eigenvalue weighted by molar-refractivity contribution is -0.143. The second-order valence-corrected chi connectivity index (χ2v) is 11.6. The van der Waals surface area contributed by atoms with Gasteiger partial charge < -0.3 is 14.9 Å². The normalized spacial score (nSPS) is 14.0. The highest BCUT2D eigenvalue weighted by molar-refractivity contribution is 7.91. The van der Waals surface area contributed by atoms with E-state index in [2.05, 4.69) is 0 Å². The van der Waals surface area contributed by atoms with Crippen LogP contribution >= 0.6 is 0 Å². The van der Waals surface area contributed by atoms with Gasteiger partial charge in [0.25, 0.3) is 0 Å². The minimum atomic E-state index is -3.40. The summed E-state index contributed by atoms with van der Waals surface area (Å²) in [6, 6.07) is 13.4. The summed E-state index contributed by atoms with van der Waals surface area (Å²) in [7, 11) is -3.40. The summed E-state index contributed by atoms with van der Waals surface area (Å²) in [5.41, 5.74) is -0.752. The molecule has 1 atom stereocenters. The topological polar surface area (TPSA) is 101 Å². The number of aliphatic hydroxyl groups excluding tert-OH is 1. The first-order valence-electron chi connectivity index (χ1n) is 10.9. The first-order chi connectivity index (χ1) is 15.4. The third kappa shape index (κ3) is 8.12. The van der Waals surface area contributed by atoms with Gasteiger partial charge in [-0.25, -0.2) is 12.8 Å². The number of hydrogen-bond donors (Lipinski definition) is 2. The number of sulfone groups is 1. The fourth-order valence-corrected chi connectivity index (χ4v) is 5.64. The number of hydrogen-bond acceptors (Lipinski definition) is 5. The summed E-state index contributed by atoms with van der Waals surface area (Å²) in [5, 5.41) is 18.9. The fraction of sp³-hybridized carbons (Fsp3) is 0.480. The lowest BCUT2D eigenvalue weighted by atomic mass is 9.76. The second-order valence-electron chi connectivity index (χ2n) is 9.42. The maximum absolute atomic E-state index is 14.4. The molecule has 2 aromatic rings. The Labute approximate surface area is 195 Å². The van der Waals surface area contributed by atoms with Crippen LogP contribution in [0.25, 0.3) is 0 Å². The molecule has 0 aliphatic carbocycles. The Balaban J connectivity index is 2.14. The zero-order chi connectivity index (χ0) is 24.7. The molecular formula is C25H33FO6S. The van der Waals surface area contributed by atoms with Crippen molar-refractivity contribution in [1.82, 2.24) is 0 Å². The minimum Gasteiger partial charge on any atom is -0.489 e. The van der Waals surface area contributed by atoms with Crippen molar-refractivity contribution in [2.75, 3.05) is 18.1 Å². The van der Waals surface area contributed by atoms with Gasteiger partial charge in [-0.2, -0.15) is 0 Å². The maximum atomic E-state index is 14.4. The molecule has 6 nitrogen and oxygen atoms in total. The van der Waals surface area contributed by atoms with E-state index < -0.39 is 39.1 Å². The number of rotatable bonds is 13. The van der Waals surface area contributed by atoms with Crippen LogP contribution in [0.2, 0.25) is 0 Å². The number of carbonyl (C=O) groups is 1. The van der Waals surface area contributed by atoms with E-state index >= 15 is 0 Å². The molecule has 0 saturated carbocycles. The molecular weight excluding hydrogens is 447 g/mol. The Hall–Kier alpha value is -2.45. The Morgan fingerprint density at radius 3 is 2.33 bits per heavy atom. The van der Waals surface area contributed by atoms with Crippen LogP contribution in [0.5, 0.6) is 5.75 Å². The molecule has 0 heterocycles. The molecule has 8 heteroatoms. The quantitative estimate of drug-likeness (QED) is 0.442. The van der Waals surface area contributed by atoms with Crippen LogP contribution in [-0.2, 0) is 26.7 Å². The zero-order valence-electron chi connectivity index (χ0n) is 19.4. The van der Waals surface area contributed by atoms with E-state index in [0.29, 0.717) is 18.4 Å². The van der Waals surface area contributed by atoms with Crippen LogP contribution in [0.1, 0.15) is 51.2 Å². The highest BCUT2D eigenvalue weighted by Crippen LogP contribution is 2.36. The summed E-state index contributed by atoms with van der Waals surface area (Å²) in [6.45, 7) is 4.95. The number of carboxylic acids is 1. The third-order valence-electron chi connectivity index (χ3n) is 5.77. The third-order valence-corrected chi connectivity index (χ3v) is 7.80. The number of benzene rings is 2. The van der Waals surface area contributed by atoms with E-state index in [1.165, 1.54) is 12.1 Å². The molecule has 0 radical (unpaired) electrons. The van der Waals surface area contributed by atoms with Crippen LogP contribution in [-0.4, -0.2) is 42.7 Å². The Morgan fingerprint density at radius 2 is 1.73 bits per heavy atom. The van der Waals surface area contributed by atoms with Gasteiger partial charge in [0.2, 0.25) is 0 Å². The average Bonchev–Trinajstić information content (AvgIpc) is 2.71. The molecule has 33 heavy (non-hydrogen) atoms. The van der Waals surface area contributed by atoms with E-state index in [1.807, 2.05) is 30.3 Å². The van der Waals surface area contributed by atoms with Crippen molar-refractivity contribution in [2.45, 2.75) is 52.1 Å². The lowest BCUT2D eigenvalue weighted by Crippen LogP contribution is -2.33. The Bertz CT molecular complexity index is 1040. The number of ether oxygens (including phenoxy) is 1. The summed E-state index contributed by atoms with van der Waals surface area (Å²) < 4.78 is 44.2. The lowest BCUT2D eigenvalue weighted by Gasteiger charge is -2.29. The smallest absolute Gasteiger partial charge is 0.313 e. The molecule has 1 unspecified atom stereocenters. The largest absolute Gasteiger partial charge is 0.489 e. The summed E-state index contributed by atoms with van der Waals surface area (Å²) >= 11 is 0. The van der Waals surface area contributed by atoms with Gasteiger partial charge in [-0.3, -0.25) is 4.79 Å². The molecule has 0 aliphatic heterocycles. The van der Waals surface area contributed by atoms with E-state index in [-0.39, 0.29) is 30.3 Å². The molecule has 0 aromatic heterocycles. The highest BCUT2D eigenvalue weighted by atomic mass is 32.2. The average molecular weight is 481 g/mol. The van der Waals surface area contributed by atoms with Gasteiger partial charge in [0, 0.05) is 6.07 Å². The minimum absolute atomic E-state index is 0.0955. The molecule has 0 saturated heterocycles. The molecule has 0 bridgehead atoms. The van der Waals surface area contributed by atoms with Crippen molar-refractivity contribution in [3.63, 3.8) is 0 Å². The monoisotopic (exact) mass is 480 g/mol. The molecule has 2 aromatic carbocycles. The molecule has 0 amide bonds. The molecule has 2 rings (SSSR count). The highest BCUT2D eigenvalue weighted by Gasteiger charge is 2.36. The van der Waals surface area contributed by atoms with Crippen molar-refractivity contribution in [3.05, 3.63) is 65.5 Å². The molecule has 2 N–H and O–H groups in total. The predicted molar refractivity (Wildman–Crippen MR) is 126 cm³/mol. The molecule has 0 spiro atoms. The Morgan fingerprint density at radius 1 is 1.06 bits per heavy atom. The maximum Gasteiger partial charge on any atom is 0.313 e. The van der Waals surface area contributed by atoms with Gasteiger partial charge in [-0.1, -0.05) is 50.6 Å². The predicted octanol–water partition coefficient (Wildman–Crippen LogP) is 4.35. The first kappa shape index (κ1) is 26.8. The molecule has 0 fully saturated rings. The van der Waals surface area contributed by atoms with Crippen LogP contribution in [0.3, 0.4) is 0 Å². The first-order valence-corrected chi connectivity index (χ1v) is 12.7. The van der Waals surface area contributed by atoms with E-state index in [1.54, 1.807) is 26.8 Å². The van der Waals surface area contributed by atoms with Crippen molar-refractivity contribution >= 4 is 15.8 Å². The van der Waals surface area contributed by atoms with Gasteiger partial charge in [-0.05, 0) is 48.4 Å². The van der Waals surface area contributed by atoms with Crippen LogP contribution in [0.15, 0.2) is 48.5 Å². The number of aliphatic hydroxyl groups is 1. The van der Waals surface area contributed by atoms with Crippen LogP contribution in [0, 0.1) is 11.2 Å². The molecule has 0 aliphatic rings. The number of halogens is 1. The van der Waals surface area contributed by atoms with Crippen LogP contribution < -0.4 is 4.74 Å². The van der Waals surface area contributed by atoms with Gasteiger partial charge in [0.15, 0.2) is 9.84 Å². The van der Waals surface area contributed by atoms with Crippen LogP contribution in [0.4, 0.5) is 4.39 Å². The summed E-state index contributed by atoms with van der Waals surface area (Å²) in [4.78, 5) is 12.2. The van der Waals surface area contributed by atoms with Gasteiger partial charge in [-0.15, -0.1) is 0 Å². The van der Waals surface area contributed by atoms with E-state index in [4.69, 9.17) is 9.84 Å². The Kier molecular flexibility index (Phi) is 9.03. The summed E-state index contributed by atoms with van der Waals surface area (Å²) in [5.74, 6) is -1.82. The van der Waals surface area contributed by atoms with E-state index in [9.17, 15) is 22.7 Å². The molecule has 182 valence electrons. The zero-order valence-corrected chi connectivity index (χ0v) is 20.2. The second kappa shape index (κ2) is 11.1. The standard InChI is InChI=1S/C25H33FO6S/c1-24(2,18-33(30,31)13-12-27)10-7-11-25(3,23(28)29)20-14-21(26)16-22(15-20)32-17-19-8-5-4-6-9-19/h4-6,8-9,14-16,27H,7,10-13,17-18H2,1-3H3,(H,28,29). The fourth-order valence-electron chi connectivity index (χ4n) is 3.88. The SMILES string of the molecule is CC(C)(CCCC(C)(C(=O)O)c1cc(F)cc(OCc2ccccc2)c1)CS(=O)(=O)CCO. The van der Waals surface area contributed by atoms with Gasteiger partial charge in [0.1, 0.15) is 18.2 Å². The van der Waals surface area contributed by atoms with Gasteiger partial charge in [0.05, 0.1) is 23.5 Å². The van der Waals surface area contributed by atoms with Crippen molar-refractivity contribution in [1.29, 1.82) is 0 Å². The van der Waals surface area contributed by atoms with E-state index in [0.717, 1.165) is 5.56 Å². The number of aliphatic carboxylic acids is 1. The number of carboxylic acid groups (broad SMARTS) is 1. The van der Waals surface area contributed by atoms with Crippen molar-refractivity contribution in [3.8, 4) is 5.75 Å². The summed E-state index contributed by atoms with van der Waals surface area (Å²) in [6.07, 6.45) is 1.10. The van der Waals surface area contributed by atoms with Gasteiger partial charge >= 0.3 is 5.97 Å². The van der Waals surface area contributed by atoms with Crippen molar-refractivity contribution < 1.29 is 32.6 Å².